The molecule has 0 aliphatic carbocycles. The highest BCUT2D eigenvalue weighted by Gasteiger charge is 2.13. The standard InChI is InChI=1S/C15H23NO3/c1-11-10-13(7-8-14(11)19-4)12(2)16(3)9-5-6-15(17)18/h7-8,10,12H,5-6,9H2,1-4H3,(H,17,18). The monoisotopic (exact) mass is 265 g/mol. The summed E-state index contributed by atoms with van der Waals surface area (Å²) in [6, 6.07) is 6.42. The van der Waals surface area contributed by atoms with Gasteiger partial charge in [0.15, 0.2) is 0 Å². The Morgan fingerprint density at radius 2 is 2.16 bits per heavy atom. The van der Waals surface area contributed by atoms with E-state index in [-0.39, 0.29) is 12.5 Å². The summed E-state index contributed by atoms with van der Waals surface area (Å²) in [5.41, 5.74) is 2.34. The van der Waals surface area contributed by atoms with Crippen molar-refractivity contribution in [2.24, 2.45) is 0 Å². The number of nitrogens with zero attached hydrogens (tertiary/aromatic N) is 1. The topological polar surface area (TPSA) is 49.8 Å². The molecule has 0 aliphatic heterocycles. The highest BCUT2D eigenvalue weighted by molar-refractivity contribution is 5.66. The smallest absolute Gasteiger partial charge is 0.303 e. The Bertz CT molecular complexity index is 431. The lowest BCUT2D eigenvalue weighted by atomic mass is 10.0. The van der Waals surface area contributed by atoms with Crippen LogP contribution in [-0.2, 0) is 4.79 Å². The predicted molar refractivity (Wildman–Crippen MR) is 75.6 cm³/mol. The Hall–Kier alpha value is -1.55. The van der Waals surface area contributed by atoms with Crippen LogP contribution in [0.5, 0.6) is 5.75 Å². The van der Waals surface area contributed by atoms with Crippen molar-refractivity contribution in [2.75, 3.05) is 20.7 Å². The van der Waals surface area contributed by atoms with Crippen molar-refractivity contribution in [3.05, 3.63) is 29.3 Å². The fourth-order valence-corrected chi connectivity index (χ4v) is 2.09. The zero-order valence-electron chi connectivity index (χ0n) is 12.1. The van der Waals surface area contributed by atoms with Crippen molar-refractivity contribution < 1.29 is 14.6 Å². The molecule has 1 rings (SSSR count). The van der Waals surface area contributed by atoms with E-state index in [1.807, 2.05) is 20.0 Å². The fraction of sp³-hybridized carbons (Fsp3) is 0.533. The summed E-state index contributed by atoms with van der Waals surface area (Å²) in [5, 5.41) is 8.64. The third-order valence-corrected chi connectivity index (χ3v) is 3.46. The average molecular weight is 265 g/mol. The summed E-state index contributed by atoms with van der Waals surface area (Å²) in [6.45, 7) is 4.93. The molecule has 4 heteroatoms. The third-order valence-electron chi connectivity index (χ3n) is 3.46. The van der Waals surface area contributed by atoms with Crippen molar-refractivity contribution in [1.82, 2.24) is 4.90 Å². The Kier molecular flexibility index (Phi) is 5.83. The highest BCUT2D eigenvalue weighted by atomic mass is 16.5. The Morgan fingerprint density at radius 3 is 2.68 bits per heavy atom. The molecular weight excluding hydrogens is 242 g/mol. The highest BCUT2D eigenvalue weighted by Crippen LogP contribution is 2.25. The van der Waals surface area contributed by atoms with Crippen LogP contribution >= 0.6 is 0 Å². The molecule has 0 aromatic heterocycles. The van der Waals surface area contributed by atoms with Gasteiger partial charge in [0.1, 0.15) is 5.75 Å². The molecular formula is C15H23NO3. The van der Waals surface area contributed by atoms with E-state index >= 15 is 0 Å². The van der Waals surface area contributed by atoms with Crippen LogP contribution in [0.2, 0.25) is 0 Å². The van der Waals surface area contributed by atoms with Crippen molar-refractivity contribution >= 4 is 5.97 Å². The molecule has 4 nitrogen and oxygen atoms in total. The lowest BCUT2D eigenvalue weighted by Gasteiger charge is -2.25. The van der Waals surface area contributed by atoms with Gasteiger partial charge in [-0.1, -0.05) is 12.1 Å². The number of ether oxygens (including phenoxy) is 1. The van der Waals surface area contributed by atoms with Crippen LogP contribution in [0.15, 0.2) is 18.2 Å². The first-order valence-electron chi connectivity index (χ1n) is 6.52. The van der Waals surface area contributed by atoms with Gasteiger partial charge in [0, 0.05) is 12.5 Å². The number of methoxy groups -OCH3 is 1. The lowest BCUT2D eigenvalue weighted by molar-refractivity contribution is -0.137. The van der Waals surface area contributed by atoms with Crippen LogP contribution < -0.4 is 4.74 Å². The minimum atomic E-state index is -0.735. The lowest BCUT2D eigenvalue weighted by Crippen LogP contribution is -2.24. The molecule has 1 unspecified atom stereocenters. The second kappa shape index (κ2) is 7.14. The number of carboxylic acids is 1. The first kappa shape index (κ1) is 15.5. The van der Waals surface area contributed by atoms with Crippen LogP contribution in [0.3, 0.4) is 0 Å². The average Bonchev–Trinajstić information content (AvgIpc) is 2.37. The van der Waals surface area contributed by atoms with Crippen LogP contribution in [0.25, 0.3) is 0 Å². The molecule has 1 aromatic rings. The molecule has 0 radical (unpaired) electrons. The fourth-order valence-electron chi connectivity index (χ4n) is 2.09. The Morgan fingerprint density at radius 1 is 1.47 bits per heavy atom. The first-order valence-corrected chi connectivity index (χ1v) is 6.52. The molecule has 0 saturated carbocycles. The van der Waals surface area contributed by atoms with Gasteiger partial charge in [-0.05, 0) is 51.1 Å². The normalized spacial score (nSPS) is 12.5. The van der Waals surface area contributed by atoms with Crippen molar-refractivity contribution in [2.45, 2.75) is 32.7 Å². The molecule has 0 amide bonds. The number of hydrogen-bond acceptors (Lipinski definition) is 3. The van der Waals surface area contributed by atoms with Crippen molar-refractivity contribution in [3.8, 4) is 5.75 Å². The molecule has 1 N–H and O–H groups in total. The van der Waals surface area contributed by atoms with Crippen molar-refractivity contribution in [1.29, 1.82) is 0 Å². The van der Waals surface area contributed by atoms with E-state index in [0.717, 1.165) is 17.9 Å². The van der Waals surface area contributed by atoms with Gasteiger partial charge < -0.3 is 9.84 Å². The molecule has 0 saturated heterocycles. The molecule has 19 heavy (non-hydrogen) atoms. The number of carbonyl (C=O) groups is 1. The van der Waals surface area contributed by atoms with E-state index < -0.39 is 5.97 Å². The minimum absolute atomic E-state index is 0.221. The number of benzene rings is 1. The van der Waals surface area contributed by atoms with E-state index in [0.29, 0.717) is 6.42 Å². The summed E-state index contributed by atoms with van der Waals surface area (Å²) in [7, 11) is 3.69. The number of aliphatic carboxylic acids is 1. The van der Waals surface area contributed by atoms with Crippen LogP contribution in [-0.4, -0.2) is 36.7 Å². The molecule has 1 atom stereocenters. The van der Waals surface area contributed by atoms with Gasteiger partial charge in [0.25, 0.3) is 0 Å². The van der Waals surface area contributed by atoms with Gasteiger partial charge in [0.05, 0.1) is 7.11 Å². The van der Waals surface area contributed by atoms with Crippen LogP contribution in [0.4, 0.5) is 0 Å². The molecule has 106 valence electrons. The summed E-state index contributed by atoms with van der Waals surface area (Å²) >= 11 is 0. The van der Waals surface area contributed by atoms with Gasteiger partial charge in [-0.3, -0.25) is 9.69 Å². The van der Waals surface area contributed by atoms with Gasteiger partial charge >= 0.3 is 5.97 Å². The van der Waals surface area contributed by atoms with E-state index in [1.165, 1.54) is 5.56 Å². The second-order valence-electron chi connectivity index (χ2n) is 4.88. The SMILES string of the molecule is COc1ccc(C(C)N(C)CCCC(=O)O)cc1C. The van der Waals surface area contributed by atoms with E-state index in [1.54, 1.807) is 7.11 Å². The quantitative estimate of drug-likeness (QED) is 0.823. The summed E-state index contributed by atoms with van der Waals surface area (Å²) in [5.74, 6) is 0.158. The third kappa shape index (κ3) is 4.56. The molecule has 0 bridgehead atoms. The molecule has 1 aromatic carbocycles. The summed E-state index contributed by atoms with van der Waals surface area (Å²) in [4.78, 5) is 12.7. The van der Waals surface area contributed by atoms with E-state index in [2.05, 4.69) is 24.0 Å². The largest absolute Gasteiger partial charge is 0.496 e. The van der Waals surface area contributed by atoms with E-state index in [9.17, 15) is 4.79 Å². The number of carboxylic acid groups (broad SMARTS) is 1. The first-order chi connectivity index (χ1) is 8.95. The Labute approximate surface area is 115 Å². The van der Waals surface area contributed by atoms with E-state index in [4.69, 9.17) is 9.84 Å². The molecule has 0 heterocycles. The second-order valence-corrected chi connectivity index (χ2v) is 4.88. The molecule has 0 fully saturated rings. The maximum Gasteiger partial charge on any atom is 0.303 e. The van der Waals surface area contributed by atoms with Gasteiger partial charge in [0.2, 0.25) is 0 Å². The molecule has 0 spiro atoms. The summed E-state index contributed by atoms with van der Waals surface area (Å²) < 4.78 is 5.25. The van der Waals surface area contributed by atoms with Crippen molar-refractivity contribution in [3.63, 3.8) is 0 Å². The summed E-state index contributed by atoms with van der Waals surface area (Å²) in [6.07, 6.45) is 0.893. The predicted octanol–water partition coefficient (Wildman–Crippen LogP) is 2.86. The van der Waals surface area contributed by atoms with Gasteiger partial charge in [-0.25, -0.2) is 0 Å². The maximum atomic E-state index is 10.5. The zero-order valence-corrected chi connectivity index (χ0v) is 12.1. The van der Waals surface area contributed by atoms with Crippen LogP contribution in [0, 0.1) is 6.92 Å². The number of aryl methyl sites for hydroxylation is 1. The minimum Gasteiger partial charge on any atom is -0.496 e. The number of rotatable bonds is 7. The zero-order chi connectivity index (χ0) is 14.4. The Balaban J connectivity index is 2.63. The maximum absolute atomic E-state index is 10.5. The van der Waals surface area contributed by atoms with Gasteiger partial charge in [-0.2, -0.15) is 0 Å². The molecule has 0 aliphatic rings. The van der Waals surface area contributed by atoms with Crippen LogP contribution in [0.1, 0.15) is 36.9 Å². The van der Waals surface area contributed by atoms with Gasteiger partial charge in [-0.15, -0.1) is 0 Å². The number of hydrogen-bond donors (Lipinski definition) is 1.